The number of hydrogen-bond donors (Lipinski definition) is 0. The third-order valence-corrected chi connectivity index (χ3v) is 13.1. The van der Waals surface area contributed by atoms with E-state index in [1.54, 1.807) is 0 Å². The van der Waals surface area contributed by atoms with Crippen LogP contribution in [0.2, 0.25) is 0 Å². The molecule has 56 heavy (non-hydrogen) atoms. The maximum absolute atomic E-state index is 7.09. The predicted octanol–water partition coefficient (Wildman–Crippen LogP) is 13.0. The fraction of sp³-hybridized carbons (Fsp3) is 0.308. The lowest BCUT2D eigenvalue weighted by molar-refractivity contribution is 0.470. The van der Waals surface area contributed by atoms with Gasteiger partial charge in [-0.3, -0.25) is 0 Å². The van der Waals surface area contributed by atoms with Crippen molar-refractivity contribution in [2.45, 2.75) is 105 Å². The van der Waals surface area contributed by atoms with Crippen molar-refractivity contribution in [1.29, 1.82) is 0 Å². The van der Waals surface area contributed by atoms with Crippen LogP contribution in [0.3, 0.4) is 0 Å². The first kappa shape index (κ1) is 35.2. The van der Waals surface area contributed by atoms with E-state index in [9.17, 15) is 0 Å². The van der Waals surface area contributed by atoms with Gasteiger partial charge >= 0.3 is 6.85 Å². The molecule has 280 valence electrons. The average Bonchev–Trinajstić information content (AvgIpc) is 3.35. The Morgan fingerprint density at radius 1 is 0.536 bits per heavy atom. The lowest BCUT2D eigenvalue weighted by Gasteiger charge is -2.48. The Labute approximate surface area is 334 Å². The summed E-state index contributed by atoms with van der Waals surface area (Å²) in [5.74, 6) is 1.86. The Hall–Kier alpha value is -5.22. The Bertz CT molecular complexity index is 2660. The summed E-state index contributed by atoms with van der Waals surface area (Å²) in [6.45, 7) is 27.7. The van der Waals surface area contributed by atoms with Crippen LogP contribution in [0.4, 0.5) is 28.4 Å². The molecule has 0 amide bonds. The molecule has 10 rings (SSSR count). The van der Waals surface area contributed by atoms with Gasteiger partial charge in [0.15, 0.2) is 5.75 Å². The van der Waals surface area contributed by atoms with Crippen LogP contribution in [0.25, 0.3) is 22.3 Å². The molecule has 4 heteroatoms. The quantitative estimate of drug-likeness (QED) is 0.157. The van der Waals surface area contributed by atoms with Crippen LogP contribution in [0.5, 0.6) is 11.5 Å². The molecule has 3 heterocycles. The monoisotopic (exact) mass is 732 g/mol. The standard InChI is InChI=1S/C52H53BN2O/c1-30-23-37-38-25-33(51(8,9)10)27-46-48(38)55(42-22-19-32(50(5,6)7)26-45(42)56-46)53-41-28-36-35-15-13-14-16-39(35)52(11,12)40(36)29-43(41)54(44(24-30)47(37)53)34-20-17-31(18-21-34)49(2,3)4/h13-29H,1-12H3. The van der Waals surface area contributed by atoms with E-state index in [1.807, 2.05) is 0 Å². The highest BCUT2D eigenvalue weighted by Crippen LogP contribution is 2.58. The number of hydrogen-bond acceptors (Lipinski definition) is 3. The maximum atomic E-state index is 7.09. The number of nitrogens with zero attached hydrogens (tertiary/aromatic N) is 2. The van der Waals surface area contributed by atoms with Crippen molar-refractivity contribution in [3.8, 4) is 33.8 Å². The minimum absolute atomic E-state index is 0.0164. The van der Waals surface area contributed by atoms with Crippen molar-refractivity contribution in [3.63, 3.8) is 0 Å². The average molecular weight is 733 g/mol. The van der Waals surface area contributed by atoms with E-state index in [0.29, 0.717) is 0 Å². The molecule has 0 bridgehead atoms. The normalized spacial score (nSPS) is 15.7. The Balaban J connectivity index is 1.33. The molecule has 0 unspecified atom stereocenters. The van der Waals surface area contributed by atoms with Crippen molar-refractivity contribution < 1.29 is 4.74 Å². The summed E-state index contributed by atoms with van der Waals surface area (Å²) in [7, 11) is 0. The molecule has 4 aliphatic rings. The second-order valence-corrected chi connectivity index (χ2v) is 20.4. The van der Waals surface area contributed by atoms with Crippen LogP contribution < -0.4 is 25.4 Å². The summed E-state index contributed by atoms with van der Waals surface area (Å²) in [6.07, 6.45) is 0. The highest BCUT2D eigenvalue weighted by Gasteiger charge is 2.50. The zero-order chi connectivity index (χ0) is 39.4. The third-order valence-electron chi connectivity index (χ3n) is 13.1. The minimum Gasteiger partial charge on any atom is -0.453 e. The number of rotatable bonds is 1. The van der Waals surface area contributed by atoms with Gasteiger partial charge in [0.1, 0.15) is 5.75 Å². The summed E-state index contributed by atoms with van der Waals surface area (Å²) in [5, 5.41) is 0. The minimum atomic E-state index is -0.134. The number of aryl methyl sites for hydroxylation is 1. The second-order valence-electron chi connectivity index (χ2n) is 20.4. The van der Waals surface area contributed by atoms with Gasteiger partial charge in [-0.05, 0) is 133 Å². The number of anilines is 5. The van der Waals surface area contributed by atoms with Crippen LogP contribution in [0.1, 0.15) is 110 Å². The second kappa shape index (κ2) is 11.2. The van der Waals surface area contributed by atoms with Crippen LogP contribution in [-0.2, 0) is 21.7 Å². The summed E-state index contributed by atoms with van der Waals surface area (Å²) >= 11 is 0. The lowest BCUT2D eigenvalue weighted by atomic mass is 9.43. The fourth-order valence-electron chi connectivity index (χ4n) is 9.92. The molecule has 0 fully saturated rings. The topological polar surface area (TPSA) is 15.7 Å². The SMILES string of the molecule is Cc1cc2c3c(c1)N(c1ccc(C(C)(C)C)cc1)c1cc4c(cc1B3N1c3ccc(C(C)(C)C)cc3Oc3cc(C(C)(C)C)cc-2c31)-c1ccccc1C4(C)C. The largest absolute Gasteiger partial charge is 0.453 e. The van der Waals surface area contributed by atoms with Crippen molar-refractivity contribution in [3.05, 3.63) is 137 Å². The highest BCUT2D eigenvalue weighted by molar-refractivity contribution is 6.94. The van der Waals surface area contributed by atoms with Gasteiger partial charge in [0.05, 0.1) is 11.4 Å². The Morgan fingerprint density at radius 3 is 1.89 bits per heavy atom. The van der Waals surface area contributed by atoms with Crippen molar-refractivity contribution in [2.75, 3.05) is 9.71 Å². The van der Waals surface area contributed by atoms with Crippen LogP contribution in [0, 0.1) is 6.92 Å². The van der Waals surface area contributed by atoms with E-state index in [0.717, 1.165) is 17.2 Å². The zero-order valence-electron chi connectivity index (χ0n) is 35.2. The van der Waals surface area contributed by atoms with E-state index < -0.39 is 0 Å². The molecule has 3 nitrogen and oxygen atoms in total. The van der Waals surface area contributed by atoms with Gasteiger partial charge < -0.3 is 14.4 Å². The number of benzene rings is 6. The first-order chi connectivity index (χ1) is 26.3. The smallest absolute Gasteiger partial charge is 0.333 e. The van der Waals surface area contributed by atoms with Gasteiger partial charge in [0.2, 0.25) is 0 Å². The molecule has 1 aliphatic carbocycles. The van der Waals surface area contributed by atoms with Gasteiger partial charge in [-0.15, -0.1) is 0 Å². The van der Waals surface area contributed by atoms with E-state index in [1.165, 1.54) is 89.3 Å². The summed E-state index contributed by atoms with van der Waals surface area (Å²) in [5.41, 5.74) is 21.6. The highest BCUT2D eigenvalue weighted by atomic mass is 16.5. The fourth-order valence-corrected chi connectivity index (χ4v) is 9.92. The Morgan fingerprint density at radius 2 is 1.20 bits per heavy atom. The van der Waals surface area contributed by atoms with Crippen LogP contribution >= 0.6 is 0 Å². The maximum Gasteiger partial charge on any atom is 0.333 e. The van der Waals surface area contributed by atoms with Gasteiger partial charge in [0, 0.05) is 28.0 Å². The van der Waals surface area contributed by atoms with Crippen molar-refractivity contribution >= 4 is 46.2 Å². The predicted molar refractivity (Wildman–Crippen MR) is 239 cm³/mol. The molecular formula is C52H53BN2O. The first-order valence-corrected chi connectivity index (χ1v) is 20.5. The molecule has 6 aromatic carbocycles. The van der Waals surface area contributed by atoms with Crippen molar-refractivity contribution in [1.82, 2.24) is 0 Å². The third kappa shape index (κ3) is 4.90. The molecule has 0 N–H and O–H groups in total. The molecule has 0 radical (unpaired) electrons. The first-order valence-electron chi connectivity index (χ1n) is 20.5. The van der Waals surface area contributed by atoms with Gasteiger partial charge in [-0.1, -0.05) is 131 Å². The lowest BCUT2D eigenvalue weighted by Crippen LogP contribution is -2.62. The van der Waals surface area contributed by atoms with Gasteiger partial charge in [0.25, 0.3) is 0 Å². The van der Waals surface area contributed by atoms with E-state index in [-0.39, 0.29) is 28.5 Å². The molecule has 0 saturated carbocycles. The summed E-state index contributed by atoms with van der Waals surface area (Å²) in [6, 6.07) is 40.1. The van der Waals surface area contributed by atoms with Crippen molar-refractivity contribution in [2.24, 2.45) is 0 Å². The molecular weight excluding hydrogens is 679 g/mol. The van der Waals surface area contributed by atoms with E-state index >= 15 is 0 Å². The molecule has 0 spiro atoms. The Kier molecular flexibility index (Phi) is 7.05. The van der Waals surface area contributed by atoms with E-state index in [4.69, 9.17) is 4.74 Å². The van der Waals surface area contributed by atoms with Gasteiger partial charge in [-0.25, -0.2) is 0 Å². The number of fused-ring (bicyclic) bond motifs is 9. The summed E-state index contributed by atoms with van der Waals surface area (Å²) < 4.78 is 7.09. The molecule has 6 aromatic rings. The molecule has 0 saturated heterocycles. The zero-order valence-corrected chi connectivity index (χ0v) is 35.2. The van der Waals surface area contributed by atoms with Gasteiger partial charge in [-0.2, -0.15) is 0 Å². The van der Waals surface area contributed by atoms with Crippen LogP contribution in [-0.4, -0.2) is 6.85 Å². The van der Waals surface area contributed by atoms with E-state index in [2.05, 4.69) is 196 Å². The van der Waals surface area contributed by atoms with Crippen LogP contribution in [0.15, 0.2) is 103 Å². The molecule has 0 atom stereocenters. The molecule has 0 aromatic heterocycles. The summed E-state index contributed by atoms with van der Waals surface area (Å²) in [4.78, 5) is 5.22. The number of ether oxygens (including phenoxy) is 1. The molecule has 3 aliphatic heterocycles.